The lowest BCUT2D eigenvalue weighted by molar-refractivity contribution is -0.260. The summed E-state index contributed by atoms with van der Waals surface area (Å²) in [7, 11) is 0. The van der Waals surface area contributed by atoms with Gasteiger partial charge in [0.25, 0.3) is 0 Å². The monoisotopic (exact) mass is 232 g/mol. The maximum absolute atomic E-state index is 10.8. The number of carbonyl (C=O) groups is 1. The van der Waals surface area contributed by atoms with E-state index in [-0.39, 0.29) is 6.54 Å². The van der Waals surface area contributed by atoms with Gasteiger partial charge in [-0.25, -0.2) is 4.79 Å². The highest BCUT2D eigenvalue weighted by molar-refractivity contribution is 5.65. The van der Waals surface area contributed by atoms with E-state index in [1.54, 1.807) is 0 Å². The summed E-state index contributed by atoms with van der Waals surface area (Å²) in [6, 6.07) is -0.447. The molecule has 0 radical (unpaired) electrons. The van der Waals surface area contributed by atoms with E-state index in [1.807, 2.05) is 13.8 Å². The highest BCUT2D eigenvalue weighted by atomic mass is 16.7. The molecular formula is C10H20N2O4. The zero-order valence-corrected chi connectivity index (χ0v) is 9.81. The van der Waals surface area contributed by atoms with E-state index < -0.39 is 17.9 Å². The minimum absolute atomic E-state index is 0.245. The average Bonchev–Trinajstić information content (AvgIpc) is 2.22. The van der Waals surface area contributed by atoms with Crippen LogP contribution < -0.4 is 5.73 Å². The van der Waals surface area contributed by atoms with E-state index >= 15 is 0 Å². The Balaban J connectivity index is 2.70. The molecule has 0 spiro atoms. The fraction of sp³-hybridized carbons (Fsp3) is 0.900. The first-order valence-corrected chi connectivity index (χ1v) is 5.57. The van der Waals surface area contributed by atoms with E-state index in [1.165, 1.54) is 4.90 Å². The third-order valence-electron chi connectivity index (χ3n) is 2.76. The lowest BCUT2D eigenvalue weighted by Gasteiger charge is -2.44. The summed E-state index contributed by atoms with van der Waals surface area (Å²) in [6.45, 7) is 5.38. The molecule has 1 amide bonds. The second kappa shape index (κ2) is 5.47. The fourth-order valence-electron chi connectivity index (χ4n) is 2.01. The van der Waals surface area contributed by atoms with E-state index in [0.29, 0.717) is 26.2 Å². The third-order valence-corrected chi connectivity index (χ3v) is 2.76. The standard InChI is InChI=1S/C10H20N2O4/c1-3-15-10(16-4-2)5-6-12(9(13)14)7-8(10)11/h8H,3-7,11H2,1-2H3,(H,13,14). The molecule has 6 nitrogen and oxygen atoms in total. The fourth-order valence-corrected chi connectivity index (χ4v) is 2.01. The molecule has 0 aromatic rings. The Morgan fingerprint density at radius 2 is 2.06 bits per heavy atom. The molecule has 1 fully saturated rings. The summed E-state index contributed by atoms with van der Waals surface area (Å²) in [5, 5.41) is 8.87. The van der Waals surface area contributed by atoms with Crippen LogP contribution in [0.1, 0.15) is 20.3 Å². The summed E-state index contributed by atoms with van der Waals surface area (Å²) in [5.41, 5.74) is 5.96. The second-order valence-corrected chi connectivity index (χ2v) is 3.76. The number of ether oxygens (including phenoxy) is 2. The van der Waals surface area contributed by atoms with Crippen molar-refractivity contribution in [1.82, 2.24) is 4.90 Å². The largest absolute Gasteiger partial charge is 0.465 e. The molecule has 1 aliphatic heterocycles. The van der Waals surface area contributed by atoms with Gasteiger partial charge in [-0.1, -0.05) is 0 Å². The topological polar surface area (TPSA) is 85.0 Å². The predicted octanol–water partition coefficient (Wildman–Crippen LogP) is 0.467. The summed E-state index contributed by atoms with van der Waals surface area (Å²) in [6.07, 6.45) is -0.473. The van der Waals surface area contributed by atoms with Crippen LogP contribution >= 0.6 is 0 Å². The maximum Gasteiger partial charge on any atom is 0.407 e. The van der Waals surface area contributed by atoms with Gasteiger partial charge in [0.05, 0.1) is 6.04 Å². The average molecular weight is 232 g/mol. The highest BCUT2D eigenvalue weighted by Crippen LogP contribution is 2.27. The SMILES string of the molecule is CCOC1(OCC)CCN(C(=O)O)CC1N. The third kappa shape index (κ3) is 2.63. The molecule has 0 aromatic carbocycles. The molecule has 1 atom stereocenters. The van der Waals surface area contributed by atoms with Crippen molar-refractivity contribution in [3.63, 3.8) is 0 Å². The van der Waals surface area contributed by atoms with Gasteiger partial charge in [-0.05, 0) is 13.8 Å². The summed E-state index contributed by atoms with van der Waals surface area (Å²) < 4.78 is 11.2. The Labute approximate surface area is 95.3 Å². The van der Waals surface area contributed by atoms with Crippen molar-refractivity contribution < 1.29 is 19.4 Å². The van der Waals surface area contributed by atoms with Gasteiger partial charge in [0.1, 0.15) is 0 Å². The van der Waals surface area contributed by atoms with Crippen LogP contribution in [0.25, 0.3) is 0 Å². The minimum atomic E-state index is -0.947. The molecule has 1 heterocycles. The number of carboxylic acid groups (broad SMARTS) is 1. The van der Waals surface area contributed by atoms with Crippen LogP contribution in [0.4, 0.5) is 4.79 Å². The van der Waals surface area contributed by atoms with Crippen LogP contribution in [0.15, 0.2) is 0 Å². The number of hydrogen-bond donors (Lipinski definition) is 2. The smallest absolute Gasteiger partial charge is 0.407 e. The van der Waals surface area contributed by atoms with Gasteiger partial charge in [-0.3, -0.25) is 0 Å². The van der Waals surface area contributed by atoms with Gasteiger partial charge in [0, 0.05) is 32.7 Å². The molecule has 1 saturated heterocycles. The summed E-state index contributed by atoms with van der Waals surface area (Å²) in [5.74, 6) is -0.824. The van der Waals surface area contributed by atoms with Crippen LogP contribution in [-0.2, 0) is 9.47 Å². The van der Waals surface area contributed by atoms with E-state index in [2.05, 4.69) is 0 Å². The van der Waals surface area contributed by atoms with Crippen molar-refractivity contribution in [1.29, 1.82) is 0 Å². The zero-order chi connectivity index (χ0) is 12.2. The van der Waals surface area contributed by atoms with Gasteiger partial charge in [0.15, 0.2) is 5.79 Å². The van der Waals surface area contributed by atoms with E-state index in [9.17, 15) is 4.79 Å². The van der Waals surface area contributed by atoms with Crippen LogP contribution in [-0.4, -0.2) is 54.2 Å². The van der Waals surface area contributed by atoms with Crippen LogP contribution in [0.3, 0.4) is 0 Å². The van der Waals surface area contributed by atoms with Gasteiger partial charge in [-0.15, -0.1) is 0 Å². The number of hydrogen-bond acceptors (Lipinski definition) is 4. The predicted molar refractivity (Wildman–Crippen MR) is 58.2 cm³/mol. The molecule has 1 aliphatic rings. The number of piperidine rings is 1. The highest BCUT2D eigenvalue weighted by Gasteiger charge is 2.44. The first-order valence-electron chi connectivity index (χ1n) is 5.57. The van der Waals surface area contributed by atoms with Gasteiger partial charge < -0.3 is 25.2 Å². The first kappa shape index (κ1) is 13.2. The van der Waals surface area contributed by atoms with E-state index in [0.717, 1.165) is 0 Å². The molecule has 16 heavy (non-hydrogen) atoms. The lowest BCUT2D eigenvalue weighted by Crippen LogP contribution is -2.62. The molecule has 0 aliphatic carbocycles. The second-order valence-electron chi connectivity index (χ2n) is 3.76. The Morgan fingerprint density at radius 3 is 2.44 bits per heavy atom. The van der Waals surface area contributed by atoms with Crippen molar-refractivity contribution in [3.05, 3.63) is 0 Å². The van der Waals surface area contributed by atoms with Gasteiger partial charge in [0.2, 0.25) is 0 Å². The van der Waals surface area contributed by atoms with Crippen molar-refractivity contribution in [2.45, 2.75) is 32.1 Å². The quantitative estimate of drug-likeness (QED) is 0.688. The van der Waals surface area contributed by atoms with Crippen LogP contribution in [0, 0.1) is 0 Å². The molecule has 1 unspecified atom stereocenters. The maximum atomic E-state index is 10.8. The molecule has 1 rings (SSSR count). The zero-order valence-electron chi connectivity index (χ0n) is 9.81. The Kier molecular flexibility index (Phi) is 4.52. The molecule has 94 valence electrons. The Morgan fingerprint density at radius 1 is 1.50 bits per heavy atom. The van der Waals surface area contributed by atoms with Gasteiger partial charge >= 0.3 is 6.09 Å². The van der Waals surface area contributed by atoms with Gasteiger partial charge in [-0.2, -0.15) is 0 Å². The molecule has 0 saturated carbocycles. The molecule has 0 bridgehead atoms. The van der Waals surface area contributed by atoms with Crippen molar-refractivity contribution in [2.75, 3.05) is 26.3 Å². The van der Waals surface area contributed by atoms with Crippen molar-refractivity contribution >= 4 is 6.09 Å². The molecule has 0 aromatic heterocycles. The molecular weight excluding hydrogens is 212 g/mol. The summed E-state index contributed by atoms with van der Waals surface area (Å²) >= 11 is 0. The normalized spacial score (nSPS) is 24.4. The van der Waals surface area contributed by atoms with Crippen molar-refractivity contribution in [3.8, 4) is 0 Å². The first-order chi connectivity index (χ1) is 7.55. The number of nitrogens with zero attached hydrogens (tertiary/aromatic N) is 1. The lowest BCUT2D eigenvalue weighted by atomic mass is 9.98. The van der Waals surface area contributed by atoms with Crippen molar-refractivity contribution in [2.24, 2.45) is 5.73 Å². The molecule has 6 heteroatoms. The number of rotatable bonds is 4. The summed E-state index contributed by atoms with van der Waals surface area (Å²) in [4.78, 5) is 12.1. The number of nitrogens with two attached hydrogens (primary N) is 1. The Bertz CT molecular complexity index is 241. The molecule has 3 N–H and O–H groups in total. The minimum Gasteiger partial charge on any atom is -0.465 e. The Hall–Kier alpha value is -0.850. The van der Waals surface area contributed by atoms with Crippen LogP contribution in [0.2, 0.25) is 0 Å². The number of amides is 1. The van der Waals surface area contributed by atoms with E-state index in [4.69, 9.17) is 20.3 Å². The number of likely N-dealkylation sites (tertiary alicyclic amines) is 1. The van der Waals surface area contributed by atoms with Crippen LogP contribution in [0.5, 0.6) is 0 Å².